The van der Waals surface area contributed by atoms with Gasteiger partial charge in [-0.3, -0.25) is 4.68 Å². The Bertz CT molecular complexity index is 322. The van der Waals surface area contributed by atoms with Gasteiger partial charge in [0, 0.05) is 25.2 Å². The van der Waals surface area contributed by atoms with E-state index in [2.05, 4.69) is 17.3 Å². The first kappa shape index (κ1) is 10.0. The molecule has 1 aromatic rings. The zero-order valence-electron chi connectivity index (χ0n) is 7.00. The number of alkyl halides is 2. The highest BCUT2D eigenvalue weighted by atomic mass is 32.1. The maximum Gasteiger partial charge on any atom is 0.282 e. The fourth-order valence-corrected chi connectivity index (χ4v) is 1.22. The number of thiocarbonyl (C=S) groups is 1. The largest absolute Gasteiger partial charge is 0.393 e. The normalized spacial score (nSPS) is 10.8. The first-order chi connectivity index (χ1) is 6.00. The van der Waals surface area contributed by atoms with Crippen LogP contribution in [-0.2, 0) is 13.5 Å². The molecule has 0 unspecified atom stereocenters. The van der Waals surface area contributed by atoms with Crippen molar-refractivity contribution < 1.29 is 8.78 Å². The van der Waals surface area contributed by atoms with Gasteiger partial charge in [0.25, 0.3) is 6.43 Å². The van der Waals surface area contributed by atoms with Crippen molar-refractivity contribution in [1.29, 1.82) is 0 Å². The number of aryl methyl sites for hydroxylation is 1. The van der Waals surface area contributed by atoms with Gasteiger partial charge >= 0.3 is 0 Å². The number of rotatable bonds is 3. The van der Waals surface area contributed by atoms with Gasteiger partial charge in [0.15, 0.2) is 0 Å². The highest BCUT2D eigenvalue weighted by Crippen LogP contribution is 2.21. The number of nitrogens with two attached hydrogens (primary N) is 1. The van der Waals surface area contributed by atoms with Gasteiger partial charge in [-0.25, -0.2) is 8.78 Å². The first-order valence-corrected chi connectivity index (χ1v) is 4.00. The zero-order valence-corrected chi connectivity index (χ0v) is 7.81. The SMILES string of the molecule is Cn1cc(CC(N)=S)c(C(F)F)n1. The molecule has 0 aromatic carbocycles. The van der Waals surface area contributed by atoms with Crippen molar-refractivity contribution in [3.8, 4) is 0 Å². The van der Waals surface area contributed by atoms with E-state index in [9.17, 15) is 8.78 Å². The van der Waals surface area contributed by atoms with Crippen LogP contribution in [0.15, 0.2) is 6.20 Å². The van der Waals surface area contributed by atoms with Gasteiger partial charge < -0.3 is 5.73 Å². The second kappa shape index (κ2) is 3.78. The van der Waals surface area contributed by atoms with Gasteiger partial charge in [0.05, 0.1) is 4.99 Å². The number of nitrogens with zero attached hydrogens (tertiary/aromatic N) is 2. The van der Waals surface area contributed by atoms with Crippen molar-refractivity contribution >= 4 is 17.2 Å². The van der Waals surface area contributed by atoms with Gasteiger partial charge in [-0.1, -0.05) is 12.2 Å². The number of halogens is 2. The third-order valence-corrected chi connectivity index (χ3v) is 1.65. The average Bonchev–Trinajstić information content (AvgIpc) is 2.29. The monoisotopic (exact) mass is 205 g/mol. The van der Waals surface area contributed by atoms with Gasteiger partial charge in [-0.15, -0.1) is 0 Å². The molecule has 1 heterocycles. The second-order valence-electron chi connectivity index (χ2n) is 2.66. The summed E-state index contributed by atoms with van der Waals surface area (Å²) in [5.74, 6) is 0. The summed E-state index contributed by atoms with van der Waals surface area (Å²) in [6.45, 7) is 0. The van der Waals surface area contributed by atoms with E-state index >= 15 is 0 Å². The van der Waals surface area contributed by atoms with Gasteiger partial charge in [0.1, 0.15) is 5.69 Å². The quantitative estimate of drug-likeness (QED) is 0.754. The molecule has 0 aliphatic heterocycles. The molecule has 72 valence electrons. The van der Waals surface area contributed by atoms with E-state index < -0.39 is 6.43 Å². The maximum absolute atomic E-state index is 12.3. The summed E-state index contributed by atoms with van der Waals surface area (Å²) in [6, 6.07) is 0. The van der Waals surface area contributed by atoms with Gasteiger partial charge in [-0.05, 0) is 0 Å². The molecule has 0 fully saturated rings. The van der Waals surface area contributed by atoms with Crippen LogP contribution >= 0.6 is 12.2 Å². The molecule has 0 saturated carbocycles. The van der Waals surface area contributed by atoms with Crippen LogP contribution in [0.5, 0.6) is 0 Å². The standard InChI is InChI=1S/C7H9F2N3S/c1-12-3-4(2-5(10)13)6(11-12)7(8)9/h3,7H,2H2,1H3,(H2,10,13). The molecule has 0 amide bonds. The van der Waals surface area contributed by atoms with Crippen molar-refractivity contribution in [1.82, 2.24) is 9.78 Å². The fourth-order valence-electron chi connectivity index (χ4n) is 1.06. The predicted molar refractivity (Wildman–Crippen MR) is 48.7 cm³/mol. The third-order valence-electron chi connectivity index (χ3n) is 1.51. The van der Waals surface area contributed by atoms with E-state index in [0.717, 1.165) is 0 Å². The third kappa shape index (κ3) is 2.45. The fraction of sp³-hybridized carbons (Fsp3) is 0.429. The molecule has 2 N–H and O–H groups in total. The van der Waals surface area contributed by atoms with Crippen molar-refractivity contribution in [2.75, 3.05) is 0 Å². The van der Waals surface area contributed by atoms with Crippen LogP contribution in [0.2, 0.25) is 0 Å². The van der Waals surface area contributed by atoms with Gasteiger partial charge in [-0.2, -0.15) is 5.10 Å². The molecule has 0 radical (unpaired) electrons. The molecule has 0 saturated heterocycles. The summed E-state index contributed by atoms with van der Waals surface area (Å²) in [6.07, 6.45) is -0.908. The smallest absolute Gasteiger partial charge is 0.282 e. The summed E-state index contributed by atoms with van der Waals surface area (Å²) in [5, 5.41) is 3.61. The average molecular weight is 205 g/mol. The maximum atomic E-state index is 12.3. The Morgan fingerprint density at radius 3 is 2.85 bits per heavy atom. The number of hydrogen-bond donors (Lipinski definition) is 1. The van der Waals surface area contributed by atoms with Crippen LogP contribution in [0.4, 0.5) is 8.78 Å². The molecule has 0 aliphatic carbocycles. The van der Waals surface area contributed by atoms with Crippen molar-refractivity contribution in [2.24, 2.45) is 12.8 Å². The molecule has 0 atom stereocenters. The summed E-state index contributed by atoms with van der Waals surface area (Å²) in [7, 11) is 1.58. The lowest BCUT2D eigenvalue weighted by Crippen LogP contribution is -2.11. The molecule has 13 heavy (non-hydrogen) atoms. The van der Waals surface area contributed by atoms with E-state index in [-0.39, 0.29) is 17.1 Å². The van der Waals surface area contributed by atoms with Crippen molar-refractivity contribution in [3.05, 3.63) is 17.5 Å². The van der Waals surface area contributed by atoms with Crippen molar-refractivity contribution in [2.45, 2.75) is 12.8 Å². The Hall–Kier alpha value is -1.04. The Morgan fingerprint density at radius 2 is 2.38 bits per heavy atom. The Morgan fingerprint density at radius 1 is 1.77 bits per heavy atom. The lowest BCUT2D eigenvalue weighted by molar-refractivity contribution is 0.144. The van der Waals surface area contributed by atoms with Gasteiger partial charge in [0.2, 0.25) is 0 Å². The number of aromatic nitrogens is 2. The molecule has 0 bridgehead atoms. The Labute approximate surface area is 79.5 Å². The van der Waals surface area contributed by atoms with Crippen LogP contribution in [-0.4, -0.2) is 14.8 Å². The molecule has 1 aromatic heterocycles. The summed E-state index contributed by atoms with van der Waals surface area (Å²) < 4.78 is 26.0. The van der Waals surface area contributed by atoms with E-state index in [0.29, 0.717) is 5.56 Å². The molecule has 6 heteroatoms. The second-order valence-corrected chi connectivity index (χ2v) is 3.18. The van der Waals surface area contributed by atoms with E-state index in [1.807, 2.05) is 0 Å². The van der Waals surface area contributed by atoms with E-state index in [1.54, 1.807) is 7.05 Å². The number of hydrogen-bond acceptors (Lipinski definition) is 2. The summed E-state index contributed by atoms with van der Waals surface area (Å²) >= 11 is 4.63. The highest BCUT2D eigenvalue weighted by molar-refractivity contribution is 7.80. The summed E-state index contributed by atoms with van der Waals surface area (Å²) in [5.41, 5.74) is 5.41. The molecule has 3 nitrogen and oxygen atoms in total. The topological polar surface area (TPSA) is 43.8 Å². The van der Waals surface area contributed by atoms with Crippen LogP contribution in [0, 0.1) is 0 Å². The molecule has 0 spiro atoms. The summed E-state index contributed by atoms with van der Waals surface area (Å²) in [4.78, 5) is 0.190. The minimum absolute atomic E-state index is 0.169. The van der Waals surface area contributed by atoms with Crippen molar-refractivity contribution in [3.63, 3.8) is 0 Å². The zero-order chi connectivity index (χ0) is 10.0. The van der Waals surface area contributed by atoms with Crippen LogP contribution in [0.3, 0.4) is 0 Å². The van der Waals surface area contributed by atoms with Crippen LogP contribution in [0.1, 0.15) is 17.7 Å². The molecular formula is C7H9F2N3S. The van der Waals surface area contributed by atoms with Crippen LogP contribution in [0.25, 0.3) is 0 Å². The van der Waals surface area contributed by atoms with Crippen LogP contribution < -0.4 is 5.73 Å². The Kier molecular flexibility index (Phi) is 2.92. The lowest BCUT2D eigenvalue weighted by Gasteiger charge is -1.98. The predicted octanol–water partition coefficient (Wildman–Crippen LogP) is 1.19. The lowest BCUT2D eigenvalue weighted by atomic mass is 10.2. The minimum atomic E-state index is -2.58. The Balaban J connectivity index is 2.97. The first-order valence-electron chi connectivity index (χ1n) is 3.59. The van der Waals surface area contributed by atoms with E-state index in [4.69, 9.17) is 5.73 Å². The van der Waals surface area contributed by atoms with E-state index in [1.165, 1.54) is 10.9 Å². The minimum Gasteiger partial charge on any atom is -0.393 e. The highest BCUT2D eigenvalue weighted by Gasteiger charge is 2.17. The molecule has 1 rings (SSSR count). The molecule has 0 aliphatic rings. The molecular weight excluding hydrogens is 196 g/mol.